The minimum absolute atomic E-state index is 0.0383. The molecular weight excluding hydrogens is 476 g/mol. The molecule has 1 saturated carbocycles. The van der Waals surface area contributed by atoms with Crippen LogP contribution >= 0.6 is 0 Å². The molecule has 0 bridgehead atoms. The number of hydrogen-bond acceptors (Lipinski definition) is 6. The van der Waals surface area contributed by atoms with E-state index in [0.29, 0.717) is 45.8 Å². The van der Waals surface area contributed by atoms with Gasteiger partial charge >= 0.3 is 0 Å². The van der Waals surface area contributed by atoms with Crippen LogP contribution in [0, 0.1) is 0 Å². The lowest BCUT2D eigenvalue weighted by Crippen LogP contribution is -2.61. The van der Waals surface area contributed by atoms with Gasteiger partial charge in [-0.3, -0.25) is 0 Å². The molecule has 3 fully saturated rings. The third kappa shape index (κ3) is 4.63. The van der Waals surface area contributed by atoms with Crippen molar-refractivity contribution in [2.75, 3.05) is 44.2 Å². The molecule has 1 aliphatic carbocycles. The van der Waals surface area contributed by atoms with Crippen molar-refractivity contribution in [1.29, 1.82) is 0 Å². The number of hydrogen-bond donors (Lipinski definition) is 1. The van der Waals surface area contributed by atoms with Crippen molar-refractivity contribution in [2.24, 2.45) is 0 Å². The number of H-pyrrole nitrogens is 1. The molecule has 10 heteroatoms. The summed E-state index contributed by atoms with van der Waals surface area (Å²) in [5, 5.41) is 0.976. The number of aromatic nitrogens is 3. The summed E-state index contributed by atoms with van der Waals surface area (Å²) in [6, 6.07) is 12.1. The summed E-state index contributed by atoms with van der Waals surface area (Å²) < 4.78 is 37.9. The van der Waals surface area contributed by atoms with Crippen molar-refractivity contribution in [3.05, 3.63) is 54.5 Å². The summed E-state index contributed by atoms with van der Waals surface area (Å²) in [7, 11) is -3.65. The van der Waals surface area contributed by atoms with Gasteiger partial charge in [-0.2, -0.15) is 17.0 Å². The average molecular weight is 511 g/mol. The van der Waals surface area contributed by atoms with Gasteiger partial charge in [-0.25, -0.2) is 9.97 Å². The molecule has 2 saturated heterocycles. The summed E-state index contributed by atoms with van der Waals surface area (Å²) in [6.07, 6.45) is 8.89. The van der Waals surface area contributed by atoms with Crippen LogP contribution in [0.15, 0.2) is 48.9 Å². The van der Waals surface area contributed by atoms with Gasteiger partial charge in [0.15, 0.2) is 0 Å². The zero-order valence-electron chi connectivity index (χ0n) is 20.6. The molecule has 0 amide bonds. The third-order valence-corrected chi connectivity index (χ3v) is 9.94. The molecule has 36 heavy (non-hydrogen) atoms. The fourth-order valence-corrected chi connectivity index (χ4v) is 7.68. The van der Waals surface area contributed by atoms with Crippen LogP contribution < -0.4 is 4.90 Å². The Morgan fingerprint density at radius 1 is 1.11 bits per heavy atom. The SMILES string of the molecule is O=S(=O)(N(CCc1ccccc1)CC1CCCCO1)N1CCN(c2ncnc3[nH]ccc23)CC12CC2. The maximum Gasteiger partial charge on any atom is 0.282 e. The highest BCUT2D eigenvalue weighted by atomic mass is 32.2. The van der Waals surface area contributed by atoms with E-state index < -0.39 is 10.2 Å². The molecule has 2 aliphatic heterocycles. The van der Waals surface area contributed by atoms with Gasteiger partial charge in [0.05, 0.1) is 17.0 Å². The van der Waals surface area contributed by atoms with Crippen molar-refractivity contribution < 1.29 is 13.2 Å². The first-order valence-corrected chi connectivity index (χ1v) is 14.4. The number of rotatable bonds is 8. The Hall–Kier alpha value is -2.53. The Morgan fingerprint density at radius 2 is 1.97 bits per heavy atom. The molecule has 3 aromatic rings. The number of piperazine rings is 1. The van der Waals surface area contributed by atoms with Gasteiger partial charge in [-0.1, -0.05) is 30.3 Å². The summed E-state index contributed by atoms with van der Waals surface area (Å²) in [6.45, 7) is 3.29. The predicted octanol–water partition coefficient (Wildman–Crippen LogP) is 2.97. The van der Waals surface area contributed by atoms with Gasteiger partial charge in [0, 0.05) is 45.5 Å². The summed E-state index contributed by atoms with van der Waals surface area (Å²) in [5.41, 5.74) is 1.58. The minimum atomic E-state index is -3.65. The molecule has 1 N–H and O–H groups in total. The van der Waals surface area contributed by atoms with Gasteiger partial charge in [-0.05, 0) is 50.2 Å². The maximum absolute atomic E-state index is 14.2. The summed E-state index contributed by atoms with van der Waals surface area (Å²) >= 11 is 0. The highest BCUT2D eigenvalue weighted by Crippen LogP contribution is 2.47. The van der Waals surface area contributed by atoms with Crippen LogP contribution in [-0.4, -0.2) is 83.0 Å². The van der Waals surface area contributed by atoms with Gasteiger partial charge in [0.1, 0.15) is 17.8 Å². The van der Waals surface area contributed by atoms with Crippen LogP contribution in [0.5, 0.6) is 0 Å². The monoisotopic (exact) mass is 510 g/mol. The number of nitrogens with one attached hydrogen (secondary N) is 1. The van der Waals surface area contributed by atoms with E-state index in [1.807, 2.05) is 30.5 Å². The first-order valence-electron chi connectivity index (χ1n) is 13.0. The molecule has 4 heterocycles. The van der Waals surface area contributed by atoms with E-state index in [1.165, 1.54) is 0 Å². The fraction of sp³-hybridized carbons (Fsp3) is 0.538. The van der Waals surface area contributed by atoms with E-state index in [9.17, 15) is 8.42 Å². The van der Waals surface area contributed by atoms with Crippen LogP contribution in [0.25, 0.3) is 11.0 Å². The fourth-order valence-electron chi connectivity index (χ4n) is 5.68. The molecule has 1 unspecified atom stereocenters. The molecule has 2 aromatic heterocycles. The van der Waals surface area contributed by atoms with E-state index in [1.54, 1.807) is 14.9 Å². The van der Waals surface area contributed by atoms with Crippen molar-refractivity contribution in [2.45, 2.75) is 50.2 Å². The minimum Gasteiger partial charge on any atom is -0.377 e. The van der Waals surface area contributed by atoms with Crippen molar-refractivity contribution in [3.8, 4) is 0 Å². The summed E-state index contributed by atoms with van der Waals surface area (Å²) in [4.78, 5) is 14.2. The molecule has 6 rings (SSSR count). The van der Waals surface area contributed by atoms with Crippen LogP contribution in [-0.2, 0) is 21.4 Å². The molecule has 9 nitrogen and oxygen atoms in total. The Balaban J connectivity index is 1.23. The quantitative estimate of drug-likeness (QED) is 0.501. The predicted molar refractivity (Wildman–Crippen MR) is 139 cm³/mol. The zero-order valence-corrected chi connectivity index (χ0v) is 21.4. The Kier molecular flexibility index (Phi) is 6.45. The van der Waals surface area contributed by atoms with Crippen molar-refractivity contribution >= 4 is 27.1 Å². The van der Waals surface area contributed by atoms with E-state index in [2.05, 4.69) is 32.0 Å². The topological polar surface area (TPSA) is 94.7 Å². The van der Waals surface area contributed by atoms with E-state index in [-0.39, 0.29) is 11.6 Å². The molecule has 1 spiro atoms. The van der Waals surface area contributed by atoms with Crippen molar-refractivity contribution in [3.63, 3.8) is 0 Å². The number of ether oxygens (including phenoxy) is 1. The van der Waals surface area contributed by atoms with E-state index in [4.69, 9.17) is 4.74 Å². The normalized spacial score (nSPS) is 22.5. The first-order chi connectivity index (χ1) is 17.6. The number of anilines is 1. The van der Waals surface area contributed by atoms with Gasteiger partial charge < -0.3 is 14.6 Å². The maximum atomic E-state index is 14.2. The van der Waals surface area contributed by atoms with Crippen LogP contribution in [0.2, 0.25) is 0 Å². The number of fused-ring (bicyclic) bond motifs is 1. The second-order valence-corrected chi connectivity index (χ2v) is 12.1. The zero-order chi connectivity index (χ0) is 24.6. The highest BCUT2D eigenvalue weighted by Gasteiger charge is 2.57. The largest absolute Gasteiger partial charge is 0.377 e. The number of benzene rings is 1. The molecule has 1 aromatic carbocycles. The Morgan fingerprint density at radius 3 is 2.75 bits per heavy atom. The lowest BCUT2D eigenvalue weighted by atomic mass is 10.1. The van der Waals surface area contributed by atoms with E-state index in [0.717, 1.165) is 54.5 Å². The van der Waals surface area contributed by atoms with Crippen LogP contribution in [0.4, 0.5) is 5.82 Å². The number of nitrogens with zero attached hydrogens (tertiary/aromatic N) is 5. The van der Waals surface area contributed by atoms with E-state index >= 15 is 0 Å². The lowest BCUT2D eigenvalue weighted by molar-refractivity contribution is 0.00525. The van der Waals surface area contributed by atoms with Gasteiger partial charge in [-0.15, -0.1) is 0 Å². The molecule has 0 radical (unpaired) electrons. The third-order valence-electron chi connectivity index (χ3n) is 7.83. The standard InChI is InChI=1S/C26H34N6O3S/c33-36(34,31(18-22-8-4-5-17-35-22)14-10-21-6-2-1-3-7-21)32-16-15-30(19-26(32)11-12-26)25-23-9-13-27-24(23)28-20-29-25/h1-3,6-7,9,13,20,22H,4-5,8,10-12,14-19H2,(H,27,28,29). The number of aromatic amines is 1. The second kappa shape index (κ2) is 9.74. The lowest BCUT2D eigenvalue weighted by Gasteiger charge is -2.44. The highest BCUT2D eigenvalue weighted by molar-refractivity contribution is 7.86. The Bertz CT molecular complexity index is 1290. The smallest absolute Gasteiger partial charge is 0.282 e. The first kappa shape index (κ1) is 23.8. The molecule has 3 aliphatic rings. The molecular formula is C26H34N6O3S. The van der Waals surface area contributed by atoms with Gasteiger partial charge in [0.2, 0.25) is 0 Å². The molecule has 192 valence electrons. The van der Waals surface area contributed by atoms with Crippen LogP contribution in [0.1, 0.15) is 37.7 Å². The Labute approximate surface area is 212 Å². The second-order valence-electron chi connectivity index (χ2n) is 10.2. The van der Waals surface area contributed by atoms with Crippen LogP contribution in [0.3, 0.4) is 0 Å². The van der Waals surface area contributed by atoms with Crippen molar-refractivity contribution in [1.82, 2.24) is 23.6 Å². The average Bonchev–Trinajstić information content (AvgIpc) is 3.47. The summed E-state index contributed by atoms with van der Waals surface area (Å²) in [5.74, 6) is 0.876. The van der Waals surface area contributed by atoms with Gasteiger partial charge in [0.25, 0.3) is 10.2 Å². The molecule has 1 atom stereocenters.